The molecule has 2 nitrogen and oxygen atoms in total. The normalized spacial score (nSPS) is 14.4. The lowest BCUT2D eigenvalue weighted by atomic mass is 10.0. The summed E-state index contributed by atoms with van der Waals surface area (Å²) in [6.07, 6.45) is 5.66. The minimum absolute atomic E-state index is 0.246. The molecule has 2 N–H and O–H groups in total. The van der Waals surface area contributed by atoms with Gasteiger partial charge in [0.1, 0.15) is 0 Å². The van der Waals surface area contributed by atoms with Crippen LogP contribution in [0.5, 0.6) is 0 Å². The molecule has 0 aliphatic carbocycles. The minimum Gasteiger partial charge on any atom is -0.395 e. The number of hydrogen-bond donors (Lipinski definition) is 2. The summed E-state index contributed by atoms with van der Waals surface area (Å²) in [6.45, 7) is 4.64. The van der Waals surface area contributed by atoms with Crippen molar-refractivity contribution in [1.29, 1.82) is 0 Å². The Balaban J connectivity index is 2.25. The van der Waals surface area contributed by atoms with E-state index in [0.717, 1.165) is 19.3 Å². The third kappa shape index (κ3) is 6.18. The van der Waals surface area contributed by atoms with Gasteiger partial charge in [0.05, 0.1) is 6.61 Å². The average Bonchev–Trinajstić information content (AvgIpc) is 2.42. The summed E-state index contributed by atoms with van der Waals surface area (Å²) in [7, 11) is 0. The summed E-state index contributed by atoms with van der Waals surface area (Å²) in [4.78, 5) is 0. The molecule has 1 aromatic rings. The lowest BCUT2D eigenvalue weighted by Gasteiger charge is -2.21. The maximum Gasteiger partial charge on any atom is 0.0584 e. The number of aliphatic hydroxyl groups excluding tert-OH is 1. The van der Waals surface area contributed by atoms with Gasteiger partial charge in [-0.2, -0.15) is 0 Å². The molecule has 0 aromatic heterocycles. The van der Waals surface area contributed by atoms with E-state index in [1.54, 1.807) is 0 Å². The number of benzene rings is 1. The fourth-order valence-electron chi connectivity index (χ4n) is 2.19. The van der Waals surface area contributed by atoms with Crippen LogP contribution in [0.2, 0.25) is 0 Å². The molecule has 1 aromatic carbocycles. The number of aryl methyl sites for hydroxylation is 1. The summed E-state index contributed by atoms with van der Waals surface area (Å²) < 4.78 is 0. The first-order chi connectivity index (χ1) is 8.76. The Morgan fingerprint density at radius 1 is 1.17 bits per heavy atom. The number of aliphatic hydroxyl groups is 1. The van der Waals surface area contributed by atoms with Crippen molar-refractivity contribution in [3.63, 3.8) is 0 Å². The van der Waals surface area contributed by atoms with Crippen LogP contribution in [0.1, 0.15) is 45.1 Å². The maximum absolute atomic E-state index is 9.32. The van der Waals surface area contributed by atoms with Gasteiger partial charge in [0, 0.05) is 12.1 Å². The molecule has 0 spiro atoms. The molecule has 0 radical (unpaired) electrons. The molecule has 0 fully saturated rings. The van der Waals surface area contributed by atoms with Crippen molar-refractivity contribution in [2.24, 2.45) is 0 Å². The van der Waals surface area contributed by atoms with Gasteiger partial charge >= 0.3 is 0 Å². The van der Waals surface area contributed by atoms with Gasteiger partial charge in [0.15, 0.2) is 0 Å². The summed E-state index contributed by atoms with van der Waals surface area (Å²) in [5, 5.41) is 12.8. The average molecular weight is 249 g/mol. The molecule has 0 heterocycles. The van der Waals surface area contributed by atoms with Crippen LogP contribution in [-0.4, -0.2) is 23.8 Å². The predicted octanol–water partition coefficient (Wildman–Crippen LogP) is 3.15. The van der Waals surface area contributed by atoms with Crippen molar-refractivity contribution < 1.29 is 5.11 Å². The molecule has 102 valence electrons. The van der Waals surface area contributed by atoms with Gasteiger partial charge in [-0.05, 0) is 31.7 Å². The van der Waals surface area contributed by atoms with Crippen molar-refractivity contribution in [2.45, 2.75) is 58.0 Å². The van der Waals surface area contributed by atoms with Gasteiger partial charge in [0.25, 0.3) is 0 Å². The second-order valence-electron chi connectivity index (χ2n) is 5.11. The Morgan fingerprint density at radius 3 is 2.50 bits per heavy atom. The Bertz CT molecular complexity index is 299. The van der Waals surface area contributed by atoms with Crippen molar-refractivity contribution in [3.8, 4) is 0 Å². The summed E-state index contributed by atoms with van der Waals surface area (Å²) >= 11 is 0. The van der Waals surface area contributed by atoms with E-state index in [9.17, 15) is 5.11 Å². The summed E-state index contributed by atoms with van der Waals surface area (Å²) in [6, 6.07) is 11.3. The molecule has 18 heavy (non-hydrogen) atoms. The number of hydrogen-bond acceptors (Lipinski definition) is 2. The van der Waals surface area contributed by atoms with E-state index in [1.165, 1.54) is 18.4 Å². The predicted molar refractivity (Wildman–Crippen MR) is 77.8 cm³/mol. The minimum atomic E-state index is 0.246. The quantitative estimate of drug-likeness (QED) is 0.704. The molecule has 0 saturated carbocycles. The highest BCUT2D eigenvalue weighted by atomic mass is 16.3. The maximum atomic E-state index is 9.32. The topological polar surface area (TPSA) is 32.3 Å². The number of unbranched alkanes of at least 4 members (excludes halogenated alkanes) is 1. The number of rotatable bonds is 9. The second-order valence-corrected chi connectivity index (χ2v) is 5.11. The molecule has 0 unspecified atom stereocenters. The van der Waals surface area contributed by atoms with Gasteiger partial charge in [-0.1, -0.05) is 50.1 Å². The molecular formula is C16H27NO. The molecule has 0 bridgehead atoms. The van der Waals surface area contributed by atoms with E-state index in [1.807, 2.05) is 0 Å². The lowest BCUT2D eigenvalue weighted by molar-refractivity contribution is 0.222. The highest BCUT2D eigenvalue weighted by Crippen LogP contribution is 2.07. The monoisotopic (exact) mass is 249 g/mol. The van der Waals surface area contributed by atoms with Crippen molar-refractivity contribution in [2.75, 3.05) is 6.61 Å². The smallest absolute Gasteiger partial charge is 0.0584 e. The molecule has 0 aliphatic rings. The molecule has 0 aliphatic heterocycles. The third-order valence-corrected chi connectivity index (χ3v) is 3.36. The van der Waals surface area contributed by atoms with Gasteiger partial charge in [-0.15, -0.1) is 0 Å². The summed E-state index contributed by atoms with van der Waals surface area (Å²) in [5.74, 6) is 0. The van der Waals surface area contributed by atoms with Crippen LogP contribution in [0, 0.1) is 0 Å². The van der Waals surface area contributed by atoms with Gasteiger partial charge in [-0.3, -0.25) is 0 Å². The Kier molecular flexibility index (Phi) is 7.70. The first-order valence-corrected chi connectivity index (χ1v) is 7.17. The first-order valence-electron chi connectivity index (χ1n) is 7.17. The van der Waals surface area contributed by atoms with Crippen molar-refractivity contribution in [3.05, 3.63) is 35.9 Å². The van der Waals surface area contributed by atoms with Crippen molar-refractivity contribution in [1.82, 2.24) is 5.32 Å². The highest BCUT2D eigenvalue weighted by Gasteiger charge is 2.10. The van der Waals surface area contributed by atoms with Crippen LogP contribution in [0.25, 0.3) is 0 Å². The largest absolute Gasteiger partial charge is 0.395 e. The van der Waals surface area contributed by atoms with Crippen LogP contribution >= 0.6 is 0 Å². The molecular weight excluding hydrogens is 222 g/mol. The van der Waals surface area contributed by atoms with E-state index >= 15 is 0 Å². The van der Waals surface area contributed by atoms with Crippen LogP contribution in [0.4, 0.5) is 0 Å². The van der Waals surface area contributed by atoms with Gasteiger partial charge < -0.3 is 10.4 Å². The van der Waals surface area contributed by atoms with Crippen LogP contribution in [-0.2, 0) is 6.42 Å². The van der Waals surface area contributed by atoms with E-state index < -0.39 is 0 Å². The Hall–Kier alpha value is -0.860. The van der Waals surface area contributed by atoms with E-state index in [2.05, 4.69) is 49.5 Å². The fraction of sp³-hybridized carbons (Fsp3) is 0.625. The molecule has 0 amide bonds. The van der Waals surface area contributed by atoms with E-state index in [-0.39, 0.29) is 12.6 Å². The molecule has 0 saturated heterocycles. The van der Waals surface area contributed by atoms with Crippen LogP contribution in [0.15, 0.2) is 30.3 Å². The standard InChI is InChI=1S/C16H27NO/c1-3-4-10-16(13-18)17-14(2)11-12-15-8-6-5-7-9-15/h5-9,14,16-18H,3-4,10-13H2,1-2H3/t14-,16-/m0/s1. The zero-order chi connectivity index (χ0) is 13.2. The van der Waals surface area contributed by atoms with Crippen LogP contribution < -0.4 is 5.32 Å². The molecule has 2 heteroatoms. The van der Waals surface area contributed by atoms with Gasteiger partial charge in [-0.25, -0.2) is 0 Å². The first kappa shape index (κ1) is 15.2. The lowest BCUT2D eigenvalue weighted by Crippen LogP contribution is -2.39. The summed E-state index contributed by atoms with van der Waals surface area (Å²) in [5.41, 5.74) is 1.39. The number of nitrogens with one attached hydrogen (secondary N) is 1. The zero-order valence-corrected chi connectivity index (χ0v) is 11.7. The highest BCUT2D eigenvalue weighted by molar-refractivity contribution is 5.14. The Morgan fingerprint density at radius 2 is 1.89 bits per heavy atom. The van der Waals surface area contributed by atoms with Crippen molar-refractivity contribution >= 4 is 0 Å². The third-order valence-electron chi connectivity index (χ3n) is 3.36. The fourth-order valence-corrected chi connectivity index (χ4v) is 2.19. The van der Waals surface area contributed by atoms with E-state index in [4.69, 9.17) is 0 Å². The molecule has 2 atom stereocenters. The Labute approximate surface area is 111 Å². The second kappa shape index (κ2) is 9.12. The zero-order valence-electron chi connectivity index (χ0n) is 11.7. The molecule has 1 rings (SSSR count). The van der Waals surface area contributed by atoms with Crippen LogP contribution in [0.3, 0.4) is 0 Å². The SMILES string of the molecule is CCCC[C@@H](CO)N[C@@H](C)CCc1ccccc1. The van der Waals surface area contributed by atoms with E-state index in [0.29, 0.717) is 6.04 Å². The van der Waals surface area contributed by atoms with Gasteiger partial charge in [0.2, 0.25) is 0 Å².